The number of benzene rings is 2. The maximum absolute atomic E-state index is 13.0. The van der Waals surface area contributed by atoms with E-state index in [9.17, 15) is 4.39 Å². The first-order chi connectivity index (χ1) is 14.2. The van der Waals surface area contributed by atoms with E-state index in [1.54, 1.807) is 19.2 Å². The highest BCUT2D eigenvalue weighted by molar-refractivity contribution is 5.43. The van der Waals surface area contributed by atoms with Crippen LogP contribution in [-0.2, 0) is 13.2 Å². The Morgan fingerprint density at radius 1 is 0.862 bits per heavy atom. The maximum atomic E-state index is 13.0. The van der Waals surface area contributed by atoms with Crippen molar-refractivity contribution in [3.63, 3.8) is 0 Å². The van der Waals surface area contributed by atoms with E-state index in [1.165, 1.54) is 49.8 Å². The SMILES string of the molecule is COc1cc(CNC2C3CC4CC(C3)CC2C4)ccc1OCc1ccc(F)cc1. The van der Waals surface area contributed by atoms with Crippen molar-refractivity contribution in [2.75, 3.05) is 7.11 Å². The van der Waals surface area contributed by atoms with Gasteiger partial charge in [0.25, 0.3) is 0 Å². The molecule has 4 fully saturated rings. The molecule has 2 aromatic carbocycles. The first kappa shape index (κ1) is 18.9. The van der Waals surface area contributed by atoms with Crippen molar-refractivity contribution in [2.45, 2.75) is 51.3 Å². The fraction of sp³-hybridized carbons (Fsp3) is 0.520. The van der Waals surface area contributed by atoms with Crippen molar-refractivity contribution in [2.24, 2.45) is 23.7 Å². The average Bonchev–Trinajstić information content (AvgIpc) is 2.72. The summed E-state index contributed by atoms with van der Waals surface area (Å²) >= 11 is 0. The maximum Gasteiger partial charge on any atom is 0.161 e. The first-order valence-corrected chi connectivity index (χ1v) is 11.0. The lowest BCUT2D eigenvalue weighted by atomic mass is 9.54. The largest absolute Gasteiger partial charge is 0.493 e. The van der Waals surface area contributed by atoms with Crippen molar-refractivity contribution < 1.29 is 13.9 Å². The Balaban J connectivity index is 1.20. The fourth-order valence-corrected chi connectivity index (χ4v) is 6.18. The zero-order valence-electron chi connectivity index (χ0n) is 17.1. The van der Waals surface area contributed by atoms with Crippen LogP contribution < -0.4 is 14.8 Å². The molecule has 29 heavy (non-hydrogen) atoms. The molecule has 4 aliphatic carbocycles. The van der Waals surface area contributed by atoms with E-state index in [4.69, 9.17) is 9.47 Å². The van der Waals surface area contributed by atoms with Crippen LogP contribution in [0.15, 0.2) is 42.5 Å². The fourth-order valence-electron chi connectivity index (χ4n) is 6.18. The van der Waals surface area contributed by atoms with Crippen molar-refractivity contribution in [1.82, 2.24) is 5.32 Å². The van der Waals surface area contributed by atoms with E-state index in [0.29, 0.717) is 12.6 Å². The number of ether oxygens (including phenoxy) is 2. The van der Waals surface area contributed by atoms with Gasteiger partial charge in [0.05, 0.1) is 7.11 Å². The van der Waals surface area contributed by atoms with E-state index in [1.807, 2.05) is 6.07 Å². The summed E-state index contributed by atoms with van der Waals surface area (Å²) in [6.45, 7) is 1.27. The number of hydrogen-bond donors (Lipinski definition) is 1. The Kier molecular flexibility index (Phi) is 5.21. The third-order valence-corrected chi connectivity index (χ3v) is 7.30. The Hall–Kier alpha value is -2.07. The highest BCUT2D eigenvalue weighted by Crippen LogP contribution is 2.53. The summed E-state index contributed by atoms with van der Waals surface area (Å²) in [5.41, 5.74) is 2.16. The quantitative estimate of drug-likeness (QED) is 0.688. The molecular weight excluding hydrogens is 365 g/mol. The lowest BCUT2D eigenvalue weighted by molar-refractivity contribution is -0.0142. The summed E-state index contributed by atoms with van der Waals surface area (Å²) in [6, 6.07) is 13.2. The second kappa shape index (κ2) is 7.98. The topological polar surface area (TPSA) is 30.5 Å². The summed E-state index contributed by atoms with van der Waals surface area (Å²) in [5, 5.41) is 3.88. The summed E-state index contributed by atoms with van der Waals surface area (Å²) in [5.74, 6) is 5.01. The molecular formula is C25H30FNO2. The van der Waals surface area contributed by atoms with Crippen molar-refractivity contribution in [3.8, 4) is 11.5 Å². The van der Waals surface area contributed by atoms with Crippen LogP contribution in [0.4, 0.5) is 4.39 Å². The van der Waals surface area contributed by atoms with Gasteiger partial charge >= 0.3 is 0 Å². The van der Waals surface area contributed by atoms with Crippen LogP contribution in [-0.4, -0.2) is 13.2 Å². The van der Waals surface area contributed by atoms with Crippen LogP contribution in [0.3, 0.4) is 0 Å². The Bertz CT molecular complexity index is 822. The predicted octanol–water partition coefficient (Wildman–Crippen LogP) is 5.33. The van der Waals surface area contributed by atoms with Gasteiger partial charge in [-0.3, -0.25) is 0 Å². The van der Waals surface area contributed by atoms with Crippen LogP contribution in [0.25, 0.3) is 0 Å². The van der Waals surface area contributed by atoms with Gasteiger partial charge in [-0.2, -0.15) is 0 Å². The lowest BCUT2D eigenvalue weighted by Gasteiger charge is -2.54. The van der Waals surface area contributed by atoms with Crippen molar-refractivity contribution in [3.05, 3.63) is 59.4 Å². The molecule has 4 saturated carbocycles. The number of methoxy groups -OCH3 is 1. The highest BCUT2D eigenvalue weighted by Gasteiger charge is 2.47. The molecule has 0 unspecified atom stereocenters. The van der Waals surface area contributed by atoms with Crippen molar-refractivity contribution in [1.29, 1.82) is 0 Å². The third-order valence-electron chi connectivity index (χ3n) is 7.30. The molecule has 0 spiro atoms. The van der Waals surface area contributed by atoms with Crippen LogP contribution >= 0.6 is 0 Å². The van der Waals surface area contributed by atoms with E-state index in [0.717, 1.165) is 47.3 Å². The van der Waals surface area contributed by atoms with Gasteiger partial charge in [-0.25, -0.2) is 4.39 Å². The van der Waals surface area contributed by atoms with Crippen LogP contribution in [0.1, 0.15) is 43.2 Å². The minimum absolute atomic E-state index is 0.234. The second-order valence-electron chi connectivity index (χ2n) is 9.24. The molecule has 0 heterocycles. The zero-order valence-corrected chi connectivity index (χ0v) is 17.1. The summed E-state index contributed by atoms with van der Waals surface area (Å²) < 4.78 is 24.5. The predicted molar refractivity (Wildman–Crippen MR) is 111 cm³/mol. The summed E-state index contributed by atoms with van der Waals surface area (Å²) in [7, 11) is 1.68. The van der Waals surface area contributed by atoms with E-state index in [2.05, 4.69) is 17.4 Å². The monoisotopic (exact) mass is 395 g/mol. The van der Waals surface area contributed by atoms with Crippen LogP contribution in [0.5, 0.6) is 11.5 Å². The molecule has 3 nitrogen and oxygen atoms in total. The molecule has 154 valence electrons. The van der Waals surface area contributed by atoms with Crippen LogP contribution in [0, 0.1) is 29.5 Å². The minimum Gasteiger partial charge on any atom is -0.493 e. The first-order valence-electron chi connectivity index (χ1n) is 11.0. The Morgan fingerprint density at radius 2 is 1.52 bits per heavy atom. The summed E-state index contributed by atoms with van der Waals surface area (Å²) in [6.07, 6.45) is 7.24. The molecule has 0 amide bonds. The van der Waals surface area contributed by atoms with Crippen LogP contribution in [0.2, 0.25) is 0 Å². The minimum atomic E-state index is -0.234. The smallest absolute Gasteiger partial charge is 0.161 e. The molecule has 2 aromatic rings. The molecule has 0 saturated heterocycles. The van der Waals surface area contributed by atoms with E-state index in [-0.39, 0.29) is 5.82 Å². The molecule has 1 N–H and O–H groups in total. The van der Waals surface area contributed by atoms with E-state index < -0.39 is 0 Å². The molecule has 6 rings (SSSR count). The second-order valence-corrected chi connectivity index (χ2v) is 9.24. The van der Waals surface area contributed by atoms with E-state index >= 15 is 0 Å². The Labute approximate surface area is 172 Å². The molecule has 4 heteroatoms. The zero-order chi connectivity index (χ0) is 19.8. The average molecular weight is 396 g/mol. The number of halogens is 1. The molecule has 0 aliphatic heterocycles. The standard InChI is InChI=1S/C25H30FNO2/c1-28-24-13-17(4-7-23(24)29-15-16-2-5-22(26)6-3-16)14-27-25-20-9-18-8-19(11-20)12-21(25)10-18/h2-7,13,18-21,25,27H,8-12,14-15H2,1H3. The van der Waals surface area contributed by atoms with Gasteiger partial charge in [0, 0.05) is 12.6 Å². The highest BCUT2D eigenvalue weighted by atomic mass is 19.1. The molecule has 4 bridgehead atoms. The molecule has 0 radical (unpaired) electrons. The number of rotatable bonds is 7. The van der Waals surface area contributed by atoms with Gasteiger partial charge in [-0.15, -0.1) is 0 Å². The molecule has 4 aliphatic rings. The Morgan fingerprint density at radius 3 is 2.17 bits per heavy atom. The third kappa shape index (κ3) is 4.00. The van der Waals surface area contributed by atoms with Gasteiger partial charge in [0.1, 0.15) is 12.4 Å². The lowest BCUT2D eigenvalue weighted by Crippen LogP contribution is -2.54. The number of hydrogen-bond acceptors (Lipinski definition) is 3. The molecule has 0 atom stereocenters. The van der Waals surface area contributed by atoms with Gasteiger partial charge < -0.3 is 14.8 Å². The summed E-state index contributed by atoms with van der Waals surface area (Å²) in [4.78, 5) is 0. The van der Waals surface area contributed by atoms with Gasteiger partial charge in [-0.1, -0.05) is 18.2 Å². The normalized spacial score (nSPS) is 29.8. The van der Waals surface area contributed by atoms with Gasteiger partial charge in [0.2, 0.25) is 0 Å². The van der Waals surface area contributed by atoms with Crippen molar-refractivity contribution >= 4 is 0 Å². The molecule has 0 aromatic heterocycles. The van der Waals surface area contributed by atoms with Gasteiger partial charge in [0.15, 0.2) is 11.5 Å². The number of nitrogens with one attached hydrogen (secondary N) is 1. The van der Waals surface area contributed by atoms with Gasteiger partial charge in [-0.05, 0) is 91.2 Å².